The van der Waals surface area contributed by atoms with Gasteiger partial charge in [0.05, 0.1) is 13.3 Å². The van der Waals surface area contributed by atoms with Crippen LogP contribution in [-0.4, -0.2) is 63.8 Å². The lowest BCUT2D eigenvalue weighted by atomic mass is 10.2. The lowest BCUT2D eigenvalue weighted by molar-refractivity contribution is -0.132. The molecule has 1 aliphatic heterocycles. The van der Waals surface area contributed by atoms with Crippen molar-refractivity contribution in [2.24, 2.45) is 0 Å². The van der Waals surface area contributed by atoms with Crippen molar-refractivity contribution >= 4 is 34.2 Å². The summed E-state index contributed by atoms with van der Waals surface area (Å²) in [5.41, 5.74) is 2.78. The van der Waals surface area contributed by atoms with Crippen LogP contribution >= 0.6 is 11.6 Å². The molecule has 1 saturated heterocycles. The summed E-state index contributed by atoms with van der Waals surface area (Å²) in [6.45, 7) is 5.03. The monoisotopic (exact) mass is 400 g/mol. The first-order valence-corrected chi connectivity index (χ1v) is 9.44. The van der Waals surface area contributed by atoms with Crippen LogP contribution in [0.3, 0.4) is 0 Å². The minimum absolute atomic E-state index is 0.0227. The van der Waals surface area contributed by atoms with Crippen LogP contribution in [0.25, 0.3) is 11.0 Å². The number of methoxy groups -OCH3 is 1. The van der Waals surface area contributed by atoms with E-state index in [9.17, 15) is 4.79 Å². The van der Waals surface area contributed by atoms with E-state index in [1.54, 1.807) is 18.0 Å². The van der Waals surface area contributed by atoms with Crippen molar-refractivity contribution in [2.75, 3.05) is 38.2 Å². The zero-order chi connectivity index (χ0) is 19.7. The third-order valence-corrected chi connectivity index (χ3v) is 5.44. The summed E-state index contributed by atoms with van der Waals surface area (Å²) >= 11 is 6.12. The molecular formula is C19H21ClN6O2. The summed E-state index contributed by atoms with van der Waals surface area (Å²) in [7, 11) is 1.55. The summed E-state index contributed by atoms with van der Waals surface area (Å²) < 4.78 is 6.81. The van der Waals surface area contributed by atoms with Gasteiger partial charge in [0, 0.05) is 36.9 Å². The number of anilines is 1. The molecule has 1 aliphatic rings. The second-order valence-electron chi connectivity index (χ2n) is 6.72. The van der Waals surface area contributed by atoms with E-state index < -0.39 is 0 Å². The van der Waals surface area contributed by atoms with E-state index in [0.29, 0.717) is 30.0 Å². The average molecular weight is 401 g/mol. The Balaban J connectivity index is 1.41. The van der Waals surface area contributed by atoms with Crippen molar-refractivity contribution in [2.45, 2.75) is 13.5 Å². The lowest BCUT2D eigenvalue weighted by Crippen LogP contribution is -2.49. The van der Waals surface area contributed by atoms with Crippen LogP contribution in [0.4, 0.5) is 5.69 Å². The third-order valence-electron chi connectivity index (χ3n) is 5.01. The van der Waals surface area contributed by atoms with Gasteiger partial charge in [-0.05, 0) is 30.7 Å². The van der Waals surface area contributed by atoms with Gasteiger partial charge >= 0.3 is 0 Å². The largest absolute Gasteiger partial charge is 0.480 e. The number of hydrogen-bond donors (Lipinski definition) is 0. The van der Waals surface area contributed by atoms with Crippen LogP contribution in [0.5, 0.6) is 5.88 Å². The minimum Gasteiger partial charge on any atom is -0.480 e. The van der Waals surface area contributed by atoms with E-state index in [2.05, 4.69) is 26.0 Å². The molecule has 0 saturated carbocycles. The number of carbonyl (C=O) groups is 1. The smallest absolute Gasteiger partial charge is 0.244 e. The molecule has 28 heavy (non-hydrogen) atoms. The number of halogens is 1. The number of nitrogens with zero attached hydrogens (tertiary/aromatic N) is 6. The topological polar surface area (TPSA) is 76.4 Å². The SMILES string of the molecule is COc1ncnc2c1cnn2CC(=O)N1CCN(c2ccc(Cl)c(C)c2)CC1. The number of rotatable bonds is 4. The highest BCUT2D eigenvalue weighted by molar-refractivity contribution is 6.31. The van der Waals surface area contributed by atoms with Gasteiger partial charge in [0.15, 0.2) is 5.65 Å². The Hall–Kier alpha value is -2.87. The highest BCUT2D eigenvalue weighted by Gasteiger charge is 2.23. The number of piperazine rings is 1. The van der Waals surface area contributed by atoms with E-state index in [4.69, 9.17) is 16.3 Å². The molecule has 9 heteroatoms. The average Bonchev–Trinajstić information content (AvgIpc) is 3.13. The Morgan fingerprint density at radius 3 is 2.71 bits per heavy atom. The molecule has 3 heterocycles. The van der Waals surface area contributed by atoms with Gasteiger partial charge in [-0.2, -0.15) is 5.10 Å². The van der Waals surface area contributed by atoms with Crippen LogP contribution < -0.4 is 9.64 Å². The molecule has 3 aromatic rings. The first-order chi connectivity index (χ1) is 13.6. The molecule has 8 nitrogen and oxygen atoms in total. The van der Waals surface area contributed by atoms with E-state index in [1.165, 1.54) is 6.33 Å². The summed E-state index contributed by atoms with van der Waals surface area (Å²) in [6.07, 6.45) is 3.04. The van der Waals surface area contributed by atoms with E-state index in [1.807, 2.05) is 24.0 Å². The Morgan fingerprint density at radius 1 is 1.21 bits per heavy atom. The summed E-state index contributed by atoms with van der Waals surface area (Å²) in [4.78, 5) is 25.2. The summed E-state index contributed by atoms with van der Waals surface area (Å²) in [5, 5.41) is 5.75. The fourth-order valence-electron chi connectivity index (χ4n) is 3.42. The zero-order valence-corrected chi connectivity index (χ0v) is 16.6. The van der Waals surface area contributed by atoms with Crippen molar-refractivity contribution < 1.29 is 9.53 Å². The number of fused-ring (bicyclic) bond motifs is 1. The van der Waals surface area contributed by atoms with Gasteiger partial charge < -0.3 is 14.5 Å². The fourth-order valence-corrected chi connectivity index (χ4v) is 3.54. The van der Waals surface area contributed by atoms with E-state index >= 15 is 0 Å². The number of hydrogen-bond acceptors (Lipinski definition) is 6. The van der Waals surface area contributed by atoms with Gasteiger partial charge in [-0.25, -0.2) is 14.6 Å². The number of aromatic nitrogens is 4. The first kappa shape index (κ1) is 18.5. The molecule has 0 N–H and O–H groups in total. The lowest BCUT2D eigenvalue weighted by Gasteiger charge is -2.36. The number of ether oxygens (including phenoxy) is 1. The molecule has 0 radical (unpaired) electrons. The Labute approximate surface area is 167 Å². The highest BCUT2D eigenvalue weighted by atomic mass is 35.5. The molecule has 0 bridgehead atoms. The van der Waals surface area contributed by atoms with Gasteiger partial charge in [-0.15, -0.1) is 0 Å². The quantitative estimate of drug-likeness (QED) is 0.667. The van der Waals surface area contributed by atoms with Crippen LogP contribution in [0.2, 0.25) is 5.02 Å². The van der Waals surface area contributed by atoms with Crippen molar-refractivity contribution in [3.05, 3.63) is 41.3 Å². The predicted octanol–water partition coefficient (Wildman–Crippen LogP) is 2.15. The van der Waals surface area contributed by atoms with Crippen LogP contribution in [0.1, 0.15) is 5.56 Å². The molecule has 0 aliphatic carbocycles. The zero-order valence-electron chi connectivity index (χ0n) is 15.8. The van der Waals surface area contributed by atoms with Crippen molar-refractivity contribution in [3.8, 4) is 5.88 Å². The van der Waals surface area contributed by atoms with Crippen LogP contribution in [0.15, 0.2) is 30.7 Å². The molecule has 1 fully saturated rings. The maximum atomic E-state index is 12.8. The molecule has 1 aromatic carbocycles. The van der Waals surface area contributed by atoms with E-state index in [0.717, 1.165) is 29.4 Å². The molecule has 4 rings (SSSR count). The van der Waals surface area contributed by atoms with Gasteiger partial charge in [0.25, 0.3) is 0 Å². The second-order valence-corrected chi connectivity index (χ2v) is 7.13. The van der Waals surface area contributed by atoms with Gasteiger partial charge in [0.2, 0.25) is 11.8 Å². The van der Waals surface area contributed by atoms with Crippen molar-refractivity contribution in [1.29, 1.82) is 0 Å². The maximum absolute atomic E-state index is 12.8. The number of carbonyl (C=O) groups excluding carboxylic acids is 1. The highest BCUT2D eigenvalue weighted by Crippen LogP contribution is 2.24. The third kappa shape index (κ3) is 3.47. The molecule has 0 unspecified atom stereocenters. The molecular weight excluding hydrogens is 380 g/mol. The second kappa shape index (κ2) is 7.63. The predicted molar refractivity (Wildman–Crippen MR) is 107 cm³/mol. The maximum Gasteiger partial charge on any atom is 0.244 e. The Morgan fingerprint density at radius 2 is 2.00 bits per heavy atom. The van der Waals surface area contributed by atoms with Crippen LogP contribution in [0, 0.1) is 6.92 Å². The van der Waals surface area contributed by atoms with Crippen molar-refractivity contribution in [3.63, 3.8) is 0 Å². The van der Waals surface area contributed by atoms with Gasteiger partial charge in [-0.3, -0.25) is 4.79 Å². The minimum atomic E-state index is 0.0227. The summed E-state index contributed by atoms with van der Waals surface area (Å²) in [6, 6.07) is 6.03. The molecule has 0 atom stereocenters. The number of amides is 1. The van der Waals surface area contributed by atoms with E-state index in [-0.39, 0.29) is 12.5 Å². The Kier molecular flexibility index (Phi) is 5.04. The van der Waals surface area contributed by atoms with Gasteiger partial charge in [0.1, 0.15) is 18.3 Å². The molecule has 2 aromatic heterocycles. The van der Waals surface area contributed by atoms with Crippen LogP contribution in [-0.2, 0) is 11.3 Å². The van der Waals surface area contributed by atoms with Crippen molar-refractivity contribution in [1.82, 2.24) is 24.6 Å². The first-order valence-electron chi connectivity index (χ1n) is 9.06. The number of aryl methyl sites for hydroxylation is 1. The number of benzene rings is 1. The fraction of sp³-hybridized carbons (Fsp3) is 0.368. The van der Waals surface area contributed by atoms with Gasteiger partial charge in [-0.1, -0.05) is 11.6 Å². The molecule has 1 amide bonds. The normalized spacial score (nSPS) is 14.5. The molecule has 146 valence electrons. The standard InChI is InChI=1S/C19H21ClN6O2/c1-13-9-14(3-4-16(13)20)24-5-7-25(8-6-24)17(27)11-26-18-15(10-23-26)19(28-2)22-12-21-18/h3-4,9-10,12H,5-8,11H2,1-2H3. The Bertz CT molecular complexity index is 1010. The molecule has 0 spiro atoms. The summed E-state index contributed by atoms with van der Waals surface area (Å²) in [5.74, 6) is 0.477.